The van der Waals surface area contributed by atoms with Crippen molar-refractivity contribution in [3.8, 4) is 0 Å². The summed E-state index contributed by atoms with van der Waals surface area (Å²) in [7, 11) is 0. The first-order valence-electron chi connectivity index (χ1n) is 8.15. The molecule has 2 nitrogen and oxygen atoms in total. The third kappa shape index (κ3) is 2.10. The molecule has 2 unspecified atom stereocenters. The number of aliphatic hydroxyl groups excluding tert-OH is 1. The van der Waals surface area contributed by atoms with E-state index in [9.17, 15) is 5.11 Å². The summed E-state index contributed by atoms with van der Waals surface area (Å²) in [5.41, 5.74) is 3.04. The van der Waals surface area contributed by atoms with E-state index in [2.05, 4.69) is 24.3 Å². The lowest BCUT2D eigenvalue weighted by molar-refractivity contribution is -0.160. The maximum absolute atomic E-state index is 10.8. The summed E-state index contributed by atoms with van der Waals surface area (Å²) in [6.45, 7) is 0.849. The number of aliphatic hydroxyl groups is 1. The zero-order chi connectivity index (χ0) is 13.6. The van der Waals surface area contributed by atoms with Gasteiger partial charge in [0.1, 0.15) is 0 Å². The summed E-state index contributed by atoms with van der Waals surface area (Å²) in [5, 5.41) is 10.8. The molecule has 1 heterocycles. The fourth-order valence-electron chi connectivity index (χ4n) is 4.50. The SMILES string of the molecule is OC(C1Cc2ccccc2C1)C1CCOC2(CCC2)C1. The molecule has 0 aromatic heterocycles. The molecule has 1 saturated carbocycles. The molecule has 1 aromatic rings. The minimum atomic E-state index is -0.149. The van der Waals surface area contributed by atoms with Gasteiger partial charge < -0.3 is 9.84 Å². The van der Waals surface area contributed by atoms with Gasteiger partial charge in [0.2, 0.25) is 0 Å². The number of rotatable bonds is 2. The summed E-state index contributed by atoms with van der Waals surface area (Å²) in [6.07, 6.45) is 7.81. The Morgan fingerprint density at radius 2 is 1.80 bits per heavy atom. The maximum atomic E-state index is 10.8. The fraction of sp³-hybridized carbons (Fsp3) is 0.667. The summed E-state index contributed by atoms with van der Waals surface area (Å²) in [4.78, 5) is 0. The van der Waals surface area contributed by atoms with E-state index >= 15 is 0 Å². The van der Waals surface area contributed by atoms with Gasteiger partial charge in [-0.05, 0) is 67.9 Å². The molecule has 0 bridgehead atoms. The molecule has 2 heteroatoms. The van der Waals surface area contributed by atoms with Crippen LogP contribution in [0.2, 0.25) is 0 Å². The van der Waals surface area contributed by atoms with E-state index in [1.54, 1.807) is 0 Å². The average molecular weight is 272 g/mol. The van der Waals surface area contributed by atoms with Gasteiger partial charge in [0.15, 0.2) is 0 Å². The third-order valence-electron chi connectivity index (χ3n) is 5.84. The Bertz CT molecular complexity index is 467. The van der Waals surface area contributed by atoms with Crippen LogP contribution in [0.4, 0.5) is 0 Å². The molecule has 108 valence electrons. The molecular formula is C18H24O2. The number of ether oxygens (including phenoxy) is 1. The first-order chi connectivity index (χ1) is 9.76. The van der Waals surface area contributed by atoms with Crippen LogP contribution < -0.4 is 0 Å². The minimum Gasteiger partial charge on any atom is -0.393 e. The van der Waals surface area contributed by atoms with Gasteiger partial charge in [-0.25, -0.2) is 0 Å². The van der Waals surface area contributed by atoms with Crippen molar-refractivity contribution >= 4 is 0 Å². The van der Waals surface area contributed by atoms with E-state index in [0.29, 0.717) is 11.8 Å². The molecule has 1 aromatic carbocycles. The molecule has 4 rings (SSSR count). The van der Waals surface area contributed by atoms with Crippen molar-refractivity contribution in [1.29, 1.82) is 0 Å². The van der Waals surface area contributed by atoms with Crippen LogP contribution in [0, 0.1) is 11.8 Å². The highest BCUT2D eigenvalue weighted by atomic mass is 16.5. The van der Waals surface area contributed by atoms with Gasteiger partial charge in [-0.1, -0.05) is 24.3 Å². The molecular weight excluding hydrogens is 248 g/mol. The predicted molar refractivity (Wildman–Crippen MR) is 78.6 cm³/mol. The van der Waals surface area contributed by atoms with Crippen molar-refractivity contribution in [2.45, 2.75) is 56.7 Å². The Balaban J connectivity index is 1.44. The highest BCUT2D eigenvalue weighted by Crippen LogP contribution is 2.46. The highest BCUT2D eigenvalue weighted by Gasteiger charge is 2.45. The van der Waals surface area contributed by atoms with E-state index in [1.165, 1.54) is 30.4 Å². The standard InChI is InChI=1S/C18H24O2/c19-17(15-6-9-20-18(12-15)7-3-8-18)16-10-13-4-1-2-5-14(13)11-16/h1-2,4-5,15-17,19H,3,6-12H2. The largest absolute Gasteiger partial charge is 0.393 e. The molecule has 1 N–H and O–H groups in total. The lowest BCUT2D eigenvalue weighted by Gasteiger charge is -2.48. The van der Waals surface area contributed by atoms with Crippen LogP contribution in [0.5, 0.6) is 0 Å². The third-order valence-corrected chi connectivity index (χ3v) is 5.84. The molecule has 2 atom stereocenters. The summed E-state index contributed by atoms with van der Waals surface area (Å²) in [6, 6.07) is 8.68. The summed E-state index contributed by atoms with van der Waals surface area (Å²) >= 11 is 0. The van der Waals surface area contributed by atoms with E-state index in [0.717, 1.165) is 32.3 Å². The van der Waals surface area contributed by atoms with Crippen LogP contribution in [0.1, 0.15) is 43.2 Å². The van der Waals surface area contributed by atoms with Crippen LogP contribution in [0.15, 0.2) is 24.3 Å². The van der Waals surface area contributed by atoms with Gasteiger partial charge >= 0.3 is 0 Å². The molecule has 2 aliphatic carbocycles. The van der Waals surface area contributed by atoms with Crippen molar-refractivity contribution in [3.63, 3.8) is 0 Å². The van der Waals surface area contributed by atoms with Gasteiger partial charge in [0, 0.05) is 6.61 Å². The zero-order valence-corrected chi connectivity index (χ0v) is 12.1. The number of hydrogen-bond acceptors (Lipinski definition) is 2. The second-order valence-electron chi connectivity index (χ2n) is 7.07. The van der Waals surface area contributed by atoms with Crippen molar-refractivity contribution in [3.05, 3.63) is 35.4 Å². The van der Waals surface area contributed by atoms with Crippen LogP contribution in [0.25, 0.3) is 0 Å². The lowest BCUT2D eigenvalue weighted by Crippen LogP contribution is -2.48. The van der Waals surface area contributed by atoms with Crippen molar-refractivity contribution < 1.29 is 9.84 Å². The second-order valence-corrected chi connectivity index (χ2v) is 7.07. The van der Waals surface area contributed by atoms with Crippen LogP contribution in [-0.2, 0) is 17.6 Å². The quantitative estimate of drug-likeness (QED) is 0.896. The molecule has 1 saturated heterocycles. The monoisotopic (exact) mass is 272 g/mol. The van der Waals surface area contributed by atoms with Crippen LogP contribution >= 0.6 is 0 Å². The topological polar surface area (TPSA) is 29.5 Å². The Morgan fingerprint density at radius 1 is 1.10 bits per heavy atom. The van der Waals surface area contributed by atoms with Crippen molar-refractivity contribution in [2.75, 3.05) is 6.61 Å². The van der Waals surface area contributed by atoms with E-state index < -0.39 is 0 Å². The first-order valence-corrected chi connectivity index (χ1v) is 8.15. The van der Waals surface area contributed by atoms with Gasteiger partial charge in [-0.15, -0.1) is 0 Å². The first kappa shape index (κ1) is 12.8. The molecule has 1 spiro atoms. The van der Waals surface area contributed by atoms with Gasteiger partial charge in [-0.3, -0.25) is 0 Å². The van der Waals surface area contributed by atoms with Crippen molar-refractivity contribution in [1.82, 2.24) is 0 Å². The predicted octanol–water partition coefficient (Wildman–Crippen LogP) is 3.11. The van der Waals surface area contributed by atoms with Gasteiger partial charge in [0.25, 0.3) is 0 Å². The number of hydrogen-bond donors (Lipinski definition) is 1. The Morgan fingerprint density at radius 3 is 2.40 bits per heavy atom. The van der Waals surface area contributed by atoms with E-state index in [4.69, 9.17) is 4.74 Å². The van der Waals surface area contributed by atoms with Crippen LogP contribution in [0.3, 0.4) is 0 Å². The fourth-order valence-corrected chi connectivity index (χ4v) is 4.50. The Hall–Kier alpha value is -0.860. The Labute approximate surface area is 121 Å². The average Bonchev–Trinajstić information content (AvgIpc) is 2.89. The number of fused-ring (bicyclic) bond motifs is 1. The second kappa shape index (κ2) is 4.85. The molecule has 3 aliphatic rings. The Kier molecular flexibility index (Phi) is 3.12. The van der Waals surface area contributed by atoms with Gasteiger partial charge in [0.05, 0.1) is 11.7 Å². The van der Waals surface area contributed by atoms with E-state index in [-0.39, 0.29) is 11.7 Å². The van der Waals surface area contributed by atoms with Crippen LogP contribution in [-0.4, -0.2) is 23.4 Å². The highest BCUT2D eigenvalue weighted by molar-refractivity contribution is 5.32. The van der Waals surface area contributed by atoms with Gasteiger partial charge in [-0.2, -0.15) is 0 Å². The molecule has 20 heavy (non-hydrogen) atoms. The summed E-state index contributed by atoms with van der Waals surface area (Å²) < 4.78 is 6.00. The number of benzene rings is 1. The summed E-state index contributed by atoms with van der Waals surface area (Å²) in [5.74, 6) is 0.871. The van der Waals surface area contributed by atoms with E-state index in [1.807, 2.05) is 0 Å². The molecule has 1 aliphatic heterocycles. The molecule has 0 amide bonds. The minimum absolute atomic E-state index is 0.148. The smallest absolute Gasteiger partial charge is 0.0686 e. The normalized spacial score (nSPS) is 29.9. The molecule has 2 fully saturated rings. The van der Waals surface area contributed by atoms with Crippen molar-refractivity contribution in [2.24, 2.45) is 11.8 Å². The lowest BCUT2D eigenvalue weighted by atomic mass is 9.69. The molecule has 0 radical (unpaired) electrons. The maximum Gasteiger partial charge on any atom is 0.0686 e. The zero-order valence-electron chi connectivity index (χ0n) is 12.1.